The highest BCUT2D eigenvalue weighted by atomic mass is 16.1. The zero-order valence-electron chi connectivity index (χ0n) is 9.51. The SMILES string of the molecule is C=CCCCCCC(=O)/C(=C\C)CC. The second kappa shape index (κ2) is 8.74. The number of carbonyl (C=O) groups is 1. The Hall–Kier alpha value is -0.850. The maximum Gasteiger partial charge on any atom is 0.158 e. The zero-order valence-corrected chi connectivity index (χ0v) is 9.51. The van der Waals surface area contributed by atoms with E-state index in [2.05, 4.69) is 6.58 Å². The van der Waals surface area contributed by atoms with Crippen LogP contribution in [0.3, 0.4) is 0 Å². The Labute approximate surface area is 87.9 Å². The Morgan fingerprint density at radius 3 is 2.50 bits per heavy atom. The second-order valence-electron chi connectivity index (χ2n) is 3.48. The number of Topliss-reactive ketones (excluding diaryl/α,β-unsaturated/α-hetero) is 1. The molecule has 0 bridgehead atoms. The maximum atomic E-state index is 11.5. The minimum absolute atomic E-state index is 0.327. The van der Waals surface area contributed by atoms with Gasteiger partial charge in [0.2, 0.25) is 0 Å². The van der Waals surface area contributed by atoms with Gasteiger partial charge in [0, 0.05) is 6.42 Å². The molecule has 0 saturated heterocycles. The molecule has 0 aromatic rings. The van der Waals surface area contributed by atoms with Crippen molar-refractivity contribution in [2.75, 3.05) is 0 Å². The summed E-state index contributed by atoms with van der Waals surface area (Å²) in [5.74, 6) is 0.327. The molecule has 0 atom stereocenters. The van der Waals surface area contributed by atoms with Crippen molar-refractivity contribution in [2.45, 2.75) is 52.4 Å². The number of unbranched alkanes of at least 4 members (excludes halogenated alkanes) is 3. The first-order valence-corrected chi connectivity index (χ1v) is 5.55. The van der Waals surface area contributed by atoms with Crippen molar-refractivity contribution in [1.29, 1.82) is 0 Å². The van der Waals surface area contributed by atoms with Gasteiger partial charge in [-0.3, -0.25) is 4.79 Å². The third-order valence-corrected chi connectivity index (χ3v) is 2.40. The van der Waals surface area contributed by atoms with Crippen LogP contribution in [0.4, 0.5) is 0 Å². The van der Waals surface area contributed by atoms with E-state index in [9.17, 15) is 4.79 Å². The smallest absolute Gasteiger partial charge is 0.158 e. The molecule has 0 rings (SSSR count). The summed E-state index contributed by atoms with van der Waals surface area (Å²) in [5, 5.41) is 0. The Morgan fingerprint density at radius 1 is 1.29 bits per heavy atom. The van der Waals surface area contributed by atoms with Crippen LogP contribution in [0.15, 0.2) is 24.3 Å². The van der Waals surface area contributed by atoms with Gasteiger partial charge in [-0.15, -0.1) is 6.58 Å². The highest BCUT2D eigenvalue weighted by molar-refractivity contribution is 5.95. The molecule has 1 nitrogen and oxygen atoms in total. The van der Waals surface area contributed by atoms with Gasteiger partial charge in [0.1, 0.15) is 0 Å². The Kier molecular flexibility index (Phi) is 8.20. The average molecular weight is 194 g/mol. The fraction of sp³-hybridized carbons (Fsp3) is 0.615. The summed E-state index contributed by atoms with van der Waals surface area (Å²) in [4.78, 5) is 11.5. The maximum absolute atomic E-state index is 11.5. The van der Waals surface area contributed by atoms with Crippen molar-refractivity contribution in [3.05, 3.63) is 24.3 Å². The predicted molar refractivity (Wildman–Crippen MR) is 62.3 cm³/mol. The third kappa shape index (κ3) is 5.74. The third-order valence-electron chi connectivity index (χ3n) is 2.40. The number of hydrogen-bond acceptors (Lipinski definition) is 1. The molecule has 1 heteroatoms. The molecule has 0 aromatic carbocycles. The lowest BCUT2D eigenvalue weighted by atomic mass is 10.0. The van der Waals surface area contributed by atoms with Crippen LogP contribution in [-0.4, -0.2) is 5.78 Å². The van der Waals surface area contributed by atoms with Crippen molar-refractivity contribution in [3.8, 4) is 0 Å². The zero-order chi connectivity index (χ0) is 10.8. The van der Waals surface area contributed by atoms with Crippen LogP contribution in [-0.2, 0) is 4.79 Å². The van der Waals surface area contributed by atoms with Crippen molar-refractivity contribution >= 4 is 5.78 Å². The van der Waals surface area contributed by atoms with Gasteiger partial charge in [-0.05, 0) is 38.2 Å². The van der Waals surface area contributed by atoms with Crippen LogP contribution in [0, 0.1) is 0 Å². The molecule has 80 valence electrons. The molecule has 0 spiro atoms. The summed E-state index contributed by atoms with van der Waals surface area (Å²) in [6.45, 7) is 7.64. The molecule has 0 aliphatic rings. The normalized spacial score (nSPS) is 11.4. The summed E-state index contributed by atoms with van der Waals surface area (Å²) in [6, 6.07) is 0. The lowest BCUT2D eigenvalue weighted by Crippen LogP contribution is -2.01. The van der Waals surface area contributed by atoms with Crippen molar-refractivity contribution in [2.24, 2.45) is 0 Å². The lowest BCUT2D eigenvalue weighted by molar-refractivity contribution is -0.115. The molecule has 0 N–H and O–H groups in total. The standard InChI is InChI=1S/C13H22O/c1-4-7-8-9-10-11-13(14)12(5-2)6-3/h4-5H,1,6-11H2,2-3H3/b12-5-. The number of ketones is 1. The van der Waals surface area contributed by atoms with Gasteiger partial charge in [0.05, 0.1) is 0 Å². The average Bonchev–Trinajstić information content (AvgIpc) is 2.19. The van der Waals surface area contributed by atoms with E-state index < -0.39 is 0 Å². The van der Waals surface area contributed by atoms with E-state index in [0.29, 0.717) is 12.2 Å². The molecule has 0 radical (unpaired) electrons. The number of carbonyl (C=O) groups excluding carboxylic acids is 1. The fourth-order valence-electron chi connectivity index (χ4n) is 1.47. The van der Waals surface area contributed by atoms with Crippen LogP contribution in [0.1, 0.15) is 52.4 Å². The number of hydrogen-bond donors (Lipinski definition) is 0. The summed E-state index contributed by atoms with van der Waals surface area (Å²) >= 11 is 0. The Balaban J connectivity index is 3.58. The molecule has 14 heavy (non-hydrogen) atoms. The first kappa shape index (κ1) is 13.2. The Bertz CT molecular complexity index is 201. The van der Waals surface area contributed by atoms with Crippen LogP contribution in [0.2, 0.25) is 0 Å². The van der Waals surface area contributed by atoms with E-state index in [1.54, 1.807) is 0 Å². The first-order valence-electron chi connectivity index (χ1n) is 5.55. The Morgan fingerprint density at radius 2 is 2.00 bits per heavy atom. The van der Waals surface area contributed by atoms with Gasteiger partial charge in [-0.2, -0.15) is 0 Å². The topological polar surface area (TPSA) is 17.1 Å². The van der Waals surface area contributed by atoms with Crippen molar-refractivity contribution < 1.29 is 4.79 Å². The van der Waals surface area contributed by atoms with E-state index in [1.807, 2.05) is 26.0 Å². The van der Waals surface area contributed by atoms with E-state index in [0.717, 1.165) is 37.7 Å². The molecular formula is C13H22O. The molecule has 0 fully saturated rings. The van der Waals surface area contributed by atoms with Crippen LogP contribution in [0.25, 0.3) is 0 Å². The molecule has 0 saturated carbocycles. The minimum Gasteiger partial charge on any atom is -0.295 e. The van der Waals surface area contributed by atoms with Gasteiger partial charge < -0.3 is 0 Å². The number of allylic oxidation sites excluding steroid dienone is 3. The number of rotatable bonds is 8. The van der Waals surface area contributed by atoms with E-state index in [1.165, 1.54) is 0 Å². The second-order valence-corrected chi connectivity index (χ2v) is 3.48. The molecular weight excluding hydrogens is 172 g/mol. The van der Waals surface area contributed by atoms with Crippen molar-refractivity contribution in [3.63, 3.8) is 0 Å². The highest BCUT2D eigenvalue weighted by Gasteiger charge is 2.05. The van der Waals surface area contributed by atoms with E-state index in [4.69, 9.17) is 0 Å². The highest BCUT2D eigenvalue weighted by Crippen LogP contribution is 2.10. The molecule has 0 heterocycles. The van der Waals surface area contributed by atoms with Crippen molar-refractivity contribution in [1.82, 2.24) is 0 Å². The molecule has 0 amide bonds. The van der Waals surface area contributed by atoms with Crippen LogP contribution in [0.5, 0.6) is 0 Å². The van der Waals surface area contributed by atoms with Crippen LogP contribution < -0.4 is 0 Å². The van der Waals surface area contributed by atoms with Crippen LogP contribution >= 0.6 is 0 Å². The molecule has 0 unspecified atom stereocenters. The monoisotopic (exact) mass is 194 g/mol. The van der Waals surface area contributed by atoms with Gasteiger partial charge in [-0.25, -0.2) is 0 Å². The summed E-state index contributed by atoms with van der Waals surface area (Å²) < 4.78 is 0. The van der Waals surface area contributed by atoms with Gasteiger partial charge in [0.15, 0.2) is 5.78 Å². The quantitative estimate of drug-likeness (QED) is 0.323. The molecule has 0 aliphatic heterocycles. The molecule has 0 aromatic heterocycles. The summed E-state index contributed by atoms with van der Waals surface area (Å²) in [6.07, 6.45) is 9.83. The lowest BCUT2D eigenvalue weighted by Gasteiger charge is -2.02. The summed E-state index contributed by atoms with van der Waals surface area (Å²) in [5.41, 5.74) is 0.980. The summed E-state index contributed by atoms with van der Waals surface area (Å²) in [7, 11) is 0. The van der Waals surface area contributed by atoms with E-state index in [-0.39, 0.29) is 0 Å². The van der Waals surface area contributed by atoms with Gasteiger partial charge >= 0.3 is 0 Å². The minimum atomic E-state index is 0.327. The predicted octanol–water partition coefficient (Wildman–Crippen LogP) is 4.05. The molecule has 0 aliphatic carbocycles. The first-order chi connectivity index (χ1) is 6.76. The van der Waals surface area contributed by atoms with Gasteiger partial charge in [0.25, 0.3) is 0 Å². The largest absolute Gasteiger partial charge is 0.295 e. The van der Waals surface area contributed by atoms with Gasteiger partial charge in [-0.1, -0.05) is 25.5 Å². The fourth-order valence-corrected chi connectivity index (χ4v) is 1.47. The van der Waals surface area contributed by atoms with E-state index >= 15 is 0 Å².